The third-order valence-corrected chi connectivity index (χ3v) is 3.07. The van der Waals surface area contributed by atoms with Crippen molar-refractivity contribution in [1.82, 2.24) is 0 Å². The molecule has 7 nitrogen and oxygen atoms in total. The maximum Gasteiger partial charge on any atom is 0.387 e. The molecule has 2 rings (SSSR count). The highest BCUT2D eigenvalue weighted by Crippen LogP contribution is 2.30. The lowest BCUT2D eigenvalue weighted by molar-refractivity contribution is -0.385. The van der Waals surface area contributed by atoms with Gasteiger partial charge in [-0.2, -0.15) is 8.78 Å². The number of anilines is 1. The first kappa shape index (κ1) is 18.1. The Kier molecular flexibility index (Phi) is 5.83. The minimum atomic E-state index is -3.05. The quantitative estimate of drug-likeness (QED) is 0.604. The summed E-state index contributed by atoms with van der Waals surface area (Å²) in [6, 6.07) is 9.32. The number of rotatable bonds is 7. The summed E-state index contributed by atoms with van der Waals surface area (Å²) in [5.74, 6) is -0.895. The molecule has 25 heavy (non-hydrogen) atoms. The van der Waals surface area contributed by atoms with Gasteiger partial charge in [0, 0.05) is 11.6 Å². The van der Waals surface area contributed by atoms with Crippen LogP contribution in [0.15, 0.2) is 42.5 Å². The normalized spacial score (nSPS) is 10.4. The highest BCUT2D eigenvalue weighted by Gasteiger charge is 2.19. The Morgan fingerprint density at radius 2 is 1.96 bits per heavy atom. The number of ether oxygens (including phenoxy) is 2. The first-order chi connectivity index (χ1) is 11.9. The van der Waals surface area contributed by atoms with Crippen molar-refractivity contribution in [3.8, 4) is 11.5 Å². The molecule has 0 aliphatic heterocycles. The number of nitro groups is 1. The van der Waals surface area contributed by atoms with Gasteiger partial charge in [0.2, 0.25) is 0 Å². The first-order valence-electron chi connectivity index (χ1n) is 7.18. The van der Waals surface area contributed by atoms with Gasteiger partial charge in [-0.3, -0.25) is 14.9 Å². The summed E-state index contributed by atoms with van der Waals surface area (Å²) in [6.45, 7) is -1.15. The van der Waals surface area contributed by atoms with Crippen LogP contribution in [-0.2, 0) is 0 Å². The summed E-state index contributed by atoms with van der Waals surface area (Å²) in [7, 11) is 0. The van der Waals surface area contributed by atoms with E-state index in [1.165, 1.54) is 36.4 Å². The summed E-state index contributed by atoms with van der Waals surface area (Å²) >= 11 is 0. The molecule has 9 heteroatoms. The van der Waals surface area contributed by atoms with E-state index in [4.69, 9.17) is 4.74 Å². The summed E-state index contributed by atoms with van der Waals surface area (Å²) in [5, 5.41) is 13.5. The van der Waals surface area contributed by atoms with E-state index < -0.39 is 17.4 Å². The SMILES string of the molecule is CCOc1ccc(C(=O)Nc2ccccc2OC(F)F)cc1[N+](=O)[O-]. The lowest BCUT2D eigenvalue weighted by Gasteiger charge is -2.12. The van der Waals surface area contributed by atoms with Gasteiger partial charge in [-0.25, -0.2) is 0 Å². The van der Waals surface area contributed by atoms with Gasteiger partial charge in [-0.05, 0) is 31.2 Å². The van der Waals surface area contributed by atoms with E-state index in [1.807, 2.05) is 0 Å². The fourth-order valence-corrected chi connectivity index (χ4v) is 2.04. The number of hydrogen-bond donors (Lipinski definition) is 1. The van der Waals surface area contributed by atoms with Gasteiger partial charge < -0.3 is 14.8 Å². The van der Waals surface area contributed by atoms with Crippen LogP contribution in [0, 0.1) is 10.1 Å². The molecule has 0 fully saturated rings. The molecule has 0 aliphatic rings. The lowest BCUT2D eigenvalue weighted by Crippen LogP contribution is -2.14. The van der Waals surface area contributed by atoms with Crippen LogP contribution in [0.1, 0.15) is 17.3 Å². The number of para-hydroxylation sites is 2. The summed E-state index contributed by atoms with van der Waals surface area (Å²) in [6.07, 6.45) is 0. The number of halogens is 2. The Morgan fingerprint density at radius 3 is 2.60 bits per heavy atom. The van der Waals surface area contributed by atoms with Crippen LogP contribution >= 0.6 is 0 Å². The van der Waals surface area contributed by atoms with Crippen molar-refractivity contribution >= 4 is 17.3 Å². The van der Waals surface area contributed by atoms with Crippen molar-refractivity contribution in [2.24, 2.45) is 0 Å². The van der Waals surface area contributed by atoms with Gasteiger partial charge in [0.1, 0.15) is 5.75 Å². The van der Waals surface area contributed by atoms with E-state index in [9.17, 15) is 23.7 Å². The first-order valence-corrected chi connectivity index (χ1v) is 7.18. The van der Waals surface area contributed by atoms with Gasteiger partial charge in [0.15, 0.2) is 5.75 Å². The van der Waals surface area contributed by atoms with Crippen LogP contribution in [0.25, 0.3) is 0 Å². The average Bonchev–Trinajstić information content (AvgIpc) is 2.56. The number of amides is 1. The molecule has 0 bridgehead atoms. The molecule has 0 radical (unpaired) electrons. The van der Waals surface area contributed by atoms with E-state index in [-0.39, 0.29) is 35.0 Å². The van der Waals surface area contributed by atoms with E-state index >= 15 is 0 Å². The van der Waals surface area contributed by atoms with E-state index in [2.05, 4.69) is 10.1 Å². The van der Waals surface area contributed by atoms with Crippen LogP contribution in [-0.4, -0.2) is 24.0 Å². The molecule has 0 spiro atoms. The minimum Gasteiger partial charge on any atom is -0.487 e. The van der Waals surface area contributed by atoms with Gasteiger partial charge >= 0.3 is 12.3 Å². The number of nitrogens with one attached hydrogen (secondary N) is 1. The smallest absolute Gasteiger partial charge is 0.387 e. The fraction of sp³-hybridized carbons (Fsp3) is 0.188. The third kappa shape index (κ3) is 4.63. The second kappa shape index (κ2) is 8.04. The molecule has 0 aliphatic carbocycles. The number of carbonyl (C=O) groups is 1. The number of hydrogen-bond acceptors (Lipinski definition) is 5. The Labute approximate surface area is 141 Å². The molecule has 1 N–H and O–H groups in total. The predicted octanol–water partition coefficient (Wildman–Crippen LogP) is 3.85. The van der Waals surface area contributed by atoms with E-state index in [0.29, 0.717) is 0 Å². The molecule has 0 atom stereocenters. The summed E-state index contributed by atoms with van der Waals surface area (Å²) in [4.78, 5) is 22.7. The zero-order chi connectivity index (χ0) is 18.4. The average molecular weight is 352 g/mol. The maximum atomic E-state index is 12.4. The Bertz CT molecular complexity index is 783. The monoisotopic (exact) mass is 352 g/mol. The fourth-order valence-electron chi connectivity index (χ4n) is 2.04. The molecule has 0 aromatic heterocycles. The number of alkyl halides is 2. The van der Waals surface area contributed by atoms with Gasteiger partial charge in [0.25, 0.3) is 5.91 Å². The zero-order valence-corrected chi connectivity index (χ0v) is 13.1. The molecular formula is C16H14F2N2O5. The highest BCUT2D eigenvalue weighted by atomic mass is 19.3. The van der Waals surface area contributed by atoms with Gasteiger partial charge in [-0.15, -0.1) is 0 Å². The lowest BCUT2D eigenvalue weighted by atomic mass is 10.1. The maximum absolute atomic E-state index is 12.4. The Hall–Kier alpha value is -3.23. The predicted molar refractivity (Wildman–Crippen MR) is 85.3 cm³/mol. The van der Waals surface area contributed by atoms with E-state index in [1.54, 1.807) is 6.92 Å². The standard InChI is InChI=1S/C16H14F2N2O5/c1-2-24-14-8-7-10(9-12(14)20(22)23)15(21)19-11-5-3-4-6-13(11)25-16(17)18/h3-9,16H,2H2,1H3,(H,19,21). The molecule has 1 amide bonds. The largest absolute Gasteiger partial charge is 0.487 e. The second-order valence-electron chi connectivity index (χ2n) is 4.70. The number of nitro benzene ring substituents is 1. The van der Waals surface area contributed by atoms with Crippen LogP contribution in [0.2, 0.25) is 0 Å². The third-order valence-electron chi connectivity index (χ3n) is 3.07. The summed E-state index contributed by atoms with van der Waals surface area (Å²) < 4.78 is 34.2. The van der Waals surface area contributed by atoms with Crippen molar-refractivity contribution in [3.63, 3.8) is 0 Å². The van der Waals surface area contributed by atoms with Crippen LogP contribution in [0.5, 0.6) is 11.5 Å². The second-order valence-corrected chi connectivity index (χ2v) is 4.70. The van der Waals surface area contributed by atoms with Gasteiger partial charge in [0.05, 0.1) is 17.2 Å². The van der Waals surface area contributed by atoms with Crippen LogP contribution < -0.4 is 14.8 Å². The molecular weight excluding hydrogens is 338 g/mol. The van der Waals surface area contributed by atoms with Gasteiger partial charge in [-0.1, -0.05) is 12.1 Å². The molecule has 0 saturated carbocycles. The molecule has 0 heterocycles. The molecule has 0 saturated heterocycles. The zero-order valence-electron chi connectivity index (χ0n) is 13.1. The molecule has 2 aromatic rings. The number of carbonyl (C=O) groups excluding carboxylic acids is 1. The summed E-state index contributed by atoms with van der Waals surface area (Å²) in [5.41, 5.74) is -0.377. The number of benzene rings is 2. The minimum absolute atomic E-state index is 0.0179. The van der Waals surface area contributed by atoms with Crippen LogP contribution in [0.4, 0.5) is 20.2 Å². The van der Waals surface area contributed by atoms with Crippen molar-refractivity contribution < 1.29 is 28.0 Å². The van der Waals surface area contributed by atoms with Crippen molar-refractivity contribution in [3.05, 3.63) is 58.1 Å². The molecule has 132 valence electrons. The highest BCUT2D eigenvalue weighted by molar-refractivity contribution is 6.05. The Morgan fingerprint density at radius 1 is 1.24 bits per heavy atom. The van der Waals surface area contributed by atoms with E-state index in [0.717, 1.165) is 6.07 Å². The van der Waals surface area contributed by atoms with Crippen LogP contribution in [0.3, 0.4) is 0 Å². The number of nitrogens with zero attached hydrogens (tertiary/aromatic N) is 1. The molecule has 0 unspecified atom stereocenters. The molecule has 2 aromatic carbocycles. The van der Waals surface area contributed by atoms with Crippen molar-refractivity contribution in [1.29, 1.82) is 0 Å². The van der Waals surface area contributed by atoms with Crippen molar-refractivity contribution in [2.45, 2.75) is 13.5 Å². The topological polar surface area (TPSA) is 90.7 Å². The Balaban J connectivity index is 2.27. The van der Waals surface area contributed by atoms with Crippen molar-refractivity contribution in [2.75, 3.05) is 11.9 Å².